The van der Waals surface area contributed by atoms with E-state index < -0.39 is 0 Å². The van der Waals surface area contributed by atoms with Crippen LogP contribution in [0.1, 0.15) is 5.56 Å². The minimum Gasteiger partial charge on any atom is -0.351 e. The van der Waals surface area contributed by atoms with Crippen LogP contribution >= 0.6 is 23.4 Å². The van der Waals surface area contributed by atoms with Crippen molar-refractivity contribution in [3.05, 3.63) is 83.6 Å². The second-order valence-corrected chi connectivity index (χ2v) is 8.27. The number of carbonyl (C=O) groups excluding carboxylic acids is 1. The first kappa shape index (κ1) is 19.6. The normalized spacial score (nSPS) is 11.3. The third kappa shape index (κ3) is 4.12. The monoisotopic (exact) mass is 448 g/mol. The number of benzene rings is 2. The van der Waals surface area contributed by atoms with Gasteiger partial charge in [-0.05, 0) is 23.8 Å². The Morgan fingerprint density at radius 3 is 2.65 bits per heavy atom. The van der Waals surface area contributed by atoms with Crippen LogP contribution in [0.25, 0.3) is 22.4 Å². The van der Waals surface area contributed by atoms with E-state index in [4.69, 9.17) is 11.6 Å². The van der Waals surface area contributed by atoms with Crippen LogP contribution in [0.2, 0.25) is 5.02 Å². The third-order valence-corrected chi connectivity index (χ3v) is 5.99. The van der Waals surface area contributed by atoms with E-state index in [2.05, 4.69) is 20.6 Å². The number of thioether (sulfide) groups is 1. The molecule has 0 radical (unpaired) electrons. The molecule has 9 heteroatoms. The van der Waals surface area contributed by atoms with Gasteiger partial charge in [-0.2, -0.15) is 5.10 Å². The molecule has 0 fully saturated rings. The van der Waals surface area contributed by atoms with Crippen LogP contribution in [-0.2, 0) is 11.3 Å². The predicted molar refractivity (Wildman–Crippen MR) is 121 cm³/mol. The lowest BCUT2D eigenvalue weighted by Gasteiger charge is -2.04. The number of nitrogens with zero attached hydrogens (tertiary/aromatic N) is 5. The smallest absolute Gasteiger partial charge is 0.230 e. The van der Waals surface area contributed by atoms with Gasteiger partial charge < -0.3 is 5.32 Å². The molecule has 0 spiro atoms. The predicted octanol–water partition coefficient (Wildman–Crippen LogP) is 4.11. The standard InChI is InChI=1S/C22H17ClN6OS/c23-17-8-6-16(7-9-17)18-12-19-21-25-26-22(28(21)10-11-29(19)27-18)31-14-20(30)24-13-15-4-2-1-3-5-15/h1-12H,13-14H2,(H,24,30). The number of rotatable bonds is 6. The minimum absolute atomic E-state index is 0.0546. The van der Waals surface area contributed by atoms with Crippen LogP contribution in [0.5, 0.6) is 0 Å². The van der Waals surface area contributed by atoms with Crippen molar-refractivity contribution in [3.63, 3.8) is 0 Å². The Kier molecular flexibility index (Phi) is 5.31. The molecule has 154 valence electrons. The fourth-order valence-electron chi connectivity index (χ4n) is 3.23. The number of fused-ring (bicyclic) bond motifs is 3. The first-order valence-corrected chi connectivity index (χ1v) is 11.0. The zero-order valence-corrected chi connectivity index (χ0v) is 17.8. The van der Waals surface area contributed by atoms with E-state index in [0.717, 1.165) is 22.3 Å². The Morgan fingerprint density at radius 1 is 1.03 bits per heavy atom. The lowest BCUT2D eigenvalue weighted by molar-refractivity contribution is -0.118. The average molecular weight is 449 g/mol. The number of halogens is 1. The van der Waals surface area contributed by atoms with E-state index in [1.807, 2.05) is 77.5 Å². The van der Waals surface area contributed by atoms with Gasteiger partial charge in [-0.3, -0.25) is 9.20 Å². The summed E-state index contributed by atoms with van der Waals surface area (Å²) in [6.07, 6.45) is 3.70. The van der Waals surface area contributed by atoms with Crippen molar-refractivity contribution >= 4 is 40.4 Å². The van der Waals surface area contributed by atoms with E-state index in [1.54, 1.807) is 4.52 Å². The fraction of sp³-hybridized carbons (Fsp3) is 0.0909. The molecular formula is C22H17ClN6OS. The summed E-state index contributed by atoms with van der Waals surface area (Å²) in [5.74, 6) is 0.203. The van der Waals surface area contributed by atoms with Crippen LogP contribution in [-0.4, -0.2) is 35.9 Å². The summed E-state index contributed by atoms with van der Waals surface area (Å²) in [5, 5.41) is 17.5. The molecule has 0 aliphatic carbocycles. The second kappa shape index (κ2) is 8.41. The van der Waals surface area contributed by atoms with Crippen molar-refractivity contribution in [1.82, 2.24) is 29.5 Å². The Balaban J connectivity index is 1.33. The summed E-state index contributed by atoms with van der Waals surface area (Å²) in [7, 11) is 0. The molecule has 7 nitrogen and oxygen atoms in total. The van der Waals surface area contributed by atoms with Gasteiger partial charge in [0, 0.05) is 29.5 Å². The van der Waals surface area contributed by atoms with E-state index in [9.17, 15) is 4.79 Å². The molecule has 3 heterocycles. The third-order valence-electron chi connectivity index (χ3n) is 4.79. The molecule has 0 unspecified atom stereocenters. The molecule has 0 saturated heterocycles. The van der Waals surface area contributed by atoms with Gasteiger partial charge in [-0.1, -0.05) is 65.8 Å². The largest absolute Gasteiger partial charge is 0.351 e. The lowest BCUT2D eigenvalue weighted by atomic mass is 10.1. The second-order valence-electron chi connectivity index (χ2n) is 6.89. The Bertz CT molecular complexity index is 1360. The number of aromatic nitrogens is 5. The van der Waals surface area contributed by atoms with Crippen molar-refractivity contribution < 1.29 is 4.79 Å². The summed E-state index contributed by atoms with van der Waals surface area (Å²) >= 11 is 7.33. The van der Waals surface area contributed by atoms with Crippen LogP contribution in [0, 0.1) is 0 Å². The number of amides is 1. The van der Waals surface area contributed by atoms with Crippen molar-refractivity contribution in [2.45, 2.75) is 11.7 Å². The Morgan fingerprint density at radius 2 is 1.84 bits per heavy atom. The maximum atomic E-state index is 12.2. The first-order valence-electron chi connectivity index (χ1n) is 9.60. The first-order chi connectivity index (χ1) is 15.2. The van der Waals surface area contributed by atoms with Crippen LogP contribution in [0.4, 0.5) is 0 Å². The maximum Gasteiger partial charge on any atom is 0.230 e. The number of hydrogen-bond donors (Lipinski definition) is 1. The SMILES string of the molecule is O=C(CSc1nnc2c3cc(-c4ccc(Cl)cc4)nn3ccn12)NCc1ccccc1. The van der Waals surface area contributed by atoms with Gasteiger partial charge in [-0.15, -0.1) is 10.2 Å². The summed E-state index contributed by atoms with van der Waals surface area (Å²) in [5.41, 5.74) is 4.37. The lowest BCUT2D eigenvalue weighted by Crippen LogP contribution is -2.24. The van der Waals surface area contributed by atoms with Crippen molar-refractivity contribution in [1.29, 1.82) is 0 Å². The number of nitrogens with one attached hydrogen (secondary N) is 1. The van der Waals surface area contributed by atoms with Gasteiger partial charge in [0.05, 0.1) is 11.4 Å². The molecule has 1 amide bonds. The highest BCUT2D eigenvalue weighted by Crippen LogP contribution is 2.25. The fourth-order valence-corrected chi connectivity index (χ4v) is 4.10. The Hall–Kier alpha value is -3.36. The van der Waals surface area contributed by atoms with E-state index >= 15 is 0 Å². The van der Waals surface area contributed by atoms with E-state index in [0.29, 0.717) is 22.4 Å². The van der Waals surface area contributed by atoms with Gasteiger partial charge in [0.1, 0.15) is 5.52 Å². The van der Waals surface area contributed by atoms with Crippen LogP contribution in [0.3, 0.4) is 0 Å². The van der Waals surface area contributed by atoms with Gasteiger partial charge in [0.25, 0.3) is 0 Å². The van der Waals surface area contributed by atoms with E-state index in [-0.39, 0.29) is 11.7 Å². The molecule has 3 aromatic heterocycles. The van der Waals surface area contributed by atoms with Gasteiger partial charge >= 0.3 is 0 Å². The highest BCUT2D eigenvalue weighted by Gasteiger charge is 2.14. The highest BCUT2D eigenvalue weighted by atomic mass is 35.5. The molecule has 0 saturated carbocycles. The van der Waals surface area contributed by atoms with Gasteiger partial charge in [0.2, 0.25) is 5.91 Å². The highest BCUT2D eigenvalue weighted by molar-refractivity contribution is 7.99. The topological polar surface area (TPSA) is 76.6 Å². The number of hydrogen-bond acceptors (Lipinski definition) is 5. The molecule has 1 N–H and O–H groups in total. The van der Waals surface area contributed by atoms with Crippen LogP contribution < -0.4 is 5.32 Å². The van der Waals surface area contributed by atoms with Crippen molar-refractivity contribution in [2.75, 3.05) is 5.75 Å². The van der Waals surface area contributed by atoms with Crippen molar-refractivity contribution in [3.8, 4) is 11.3 Å². The molecule has 2 aromatic carbocycles. The molecular weight excluding hydrogens is 432 g/mol. The van der Waals surface area contributed by atoms with Gasteiger partial charge in [-0.25, -0.2) is 4.52 Å². The van der Waals surface area contributed by atoms with Crippen molar-refractivity contribution in [2.24, 2.45) is 0 Å². The quantitative estimate of drug-likeness (QED) is 0.396. The molecule has 31 heavy (non-hydrogen) atoms. The summed E-state index contributed by atoms with van der Waals surface area (Å²) in [6, 6.07) is 19.3. The zero-order chi connectivity index (χ0) is 21.2. The molecule has 0 atom stereocenters. The molecule has 5 rings (SSSR count). The van der Waals surface area contributed by atoms with E-state index in [1.165, 1.54) is 11.8 Å². The Labute approximate surface area is 187 Å². The summed E-state index contributed by atoms with van der Waals surface area (Å²) < 4.78 is 3.65. The molecule has 5 aromatic rings. The minimum atomic E-state index is -0.0546. The molecule has 0 aliphatic rings. The molecule has 0 bridgehead atoms. The summed E-state index contributed by atoms with van der Waals surface area (Å²) in [6.45, 7) is 0.505. The molecule has 0 aliphatic heterocycles. The maximum absolute atomic E-state index is 12.2. The zero-order valence-electron chi connectivity index (χ0n) is 16.3. The van der Waals surface area contributed by atoms with Gasteiger partial charge in [0.15, 0.2) is 10.8 Å². The average Bonchev–Trinajstić information content (AvgIpc) is 3.41. The van der Waals surface area contributed by atoms with Crippen LogP contribution in [0.15, 0.2) is 78.2 Å². The summed E-state index contributed by atoms with van der Waals surface area (Å²) in [4.78, 5) is 12.2. The number of carbonyl (C=O) groups is 1.